The minimum absolute atomic E-state index is 0.0294. The summed E-state index contributed by atoms with van der Waals surface area (Å²) in [4.78, 5) is 65.0. The molecule has 6 N–H and O–H groups in total. The molecule has 17 heteroatoms. The van der Waals surface area contributed by atoms with Crippen LogP contribution >= 0.6 is 0 Å². The van der Waals surface area contributed by atoms with Crippen LogP contribution < -0.4 is 10.2 Å². The van der Waals surface area contributed by atoms with Crippen molar-refractivity contribution in [2.24, 2.45) is 11.3 Å². The van der Waals surface area contributed by atoms with Crippen LogP contribution in [-0.4, -0.2) is 172 Å². The third-order valence-corrected chi connectivity index (χ3v) is 19.5. The van der Waals surface area contributed by atoms with E-state index in [-0.39, 0.29) is 63.9 Å². The summed E-state index contributed by atoms with van der Waals surface area (Å²) in [6.45, 7) is 15.6. The number of aryl methyl sites for hydroxylation is 1. The number of benzene rings is 2. The first-order valence-electron chi connectivity index (χ1n) is 28.6. The number of carbonyl (C=O) groups excluding carboxylic acids is 4. The highest BCUT2D eigenvalue weighted by molar-refractivity contribution is 6.03. The van der Waals surface area contributed by atoms with E-state index in [9.17, 15) is 34.8 Å². The number of ether oxygens (including phenoxy) is 4. The van der Waals surface area contributed by atoms with Gasteiger partial charge in [0.2, 0.25) is 5.91 Å². The van der Waals surface area contributed by atoms with Gasteiger partial charge in [0.1, 0.15) is 18.8 Å². The topological polar surface area (TPSA) is 224 Å². The number of fused-ring (bicyclic) bond motifs is 7. The number of aromatic amines is 1. The number of aliphatic hydroxyl groups excluding tert-OH is 2. The molecule has 3 aromatic rings. The zero-order valence-electron chi connectivity index (χ0n) is 46.3. The van der Waals surface area contributed by atoms with Gasteiger partial charge in [0, 0.05) is 90.7 Å². The Morgan fingerprint density at radius 2 is 1.78 bits per heavy atom. The van der Waals surface area contributed by atoms with Crippen molar-refractivity contribution >= 4 is 40.2 Å². The van der Waals surface area contributed by atoms with Gasteiger partial charge in [0.05, 0.1) is 37.0 Å². The maximum absolute atomic E-state index is 15.3. The fourth-order valence-electron chi connectivity index (χ4n) is 16.0. The monoisotopic (exact) mass is 1070 g/mol. The van der Waals surface area contributed by atoms with E-state index in [0.717, 1.165) is 61.2 Å². The Morgan fingerprint density at radius 1 is 0.987 bits per heavy atom. The van der Waals surface area contributed by atoms with E-state index in [1.807, 2.05) is 6.92 Å². The van der Waals surface area contributed by atoms with Crippen molar-refractivity contribution in [3.8, 4) is 0 Å². The lowest BCUT2D eigenvalue weighted by Crippen LogP contribution is -2.78. The number of ketones is 1. The third-order valence-electron chi connectivity index (χ3n) is 19.5. The van der Waals surface area contributed by atoms with Gasteiger partial charge < -0.3 is 54.6 Å². The molecule has 2 bridgehead atoms. The Bertz CT molecular complexity index is 2760. The molecule has 1 aromatic heterocycles. The molecule has 77 heavy (non-hydrogen) atoms. The Kier molecular flexibility index (Phi) is 15.4. The molecule has 14 atom stereocenters. The van der Waals surface area contributed by atoms with Gasteiger partial charge in [-0.05, 0) is 132 Å². The fourth-order valence-corrected chi connectivity index (χ4v) is 16.0. The summed E-state index contributed by atoms with van der Waals surface area (Å²) in [7, 11) is 1.41. The van der Waals surface area contributed by atoms with Crippen molar-refractivity contribution < 1.29 is 58.6 Å². The van der Waals surface area contributed by atoms with Crippen LogP contribution in [0.15, 0.2) is 48.6 Å². The van der Waals surface area contributed by atoms with Gasteiger partial charge in [-0.1, -0.05) is 57.2 Å². The molecule has 7 aliphatic rings. The molecule has 1 amide bonds. The number of piperidine rings is 1. The van der Waals surface area contributed by atoms with Gasteiger partial charge in [-0.3, -0.25) is 24.2 Å². The molecule has 3 saturated heterocycles. The Hall–Kier alpha value is -4.72. The van der Waals surface area contributed by atoms with Crippen LogP contribution in [0.25, 0.3) is 10.9 Å². The van der Waals surface area contributed by atoms with Crippen molar-refractivity contribution in [3.05, 3.63) is 76.5 Å². The fraction of sp³-hybridized carbons (Fsp3) is 0.667. The zero-order chi connectivity index (χ0) is 54.8. The molecule has 1 spiro atoms. The van der Waals surface area contributed by atoms with E-state index in [4.69, 9.17) is 18.9 Å². The lowest BCUT2D eigenvalue weighted by molar-refractivity contribution is -0.194. The first-order valence-corrected chi connectivity index (χ1v) is 28.6. The minimum Gasteiger partial charge on any atom is -0.464 e. The van der Waals surface area contributed by atoms with Crippen molar-refractivity contribution in [2.75, 3.05) is 64.6 Å². The van der Waals surface area contributed by atoms with Crippen molar-refractivity contribution in [1.29, 1.82) is 0 Å². The Labute approximate surface area is 453 Å². The number of aliphatic hydroxyl groups is 4. The summed E-state index contributed by atoms with van der Waals surface area (Å²) in [5.74, 6) is -1.81. The van der Waals surface area contributed by atoms with E-state index >= 15 is 4.79 Å². The number of hydrogen-bond donors (Lipinski definition) is 6. The van der Waals surface area contributed by atoms with Crippen LogP contribution in [0.1, 0.15) is 133 Å². The number of hydrogen-bond acceptors (Lipinski definition) is 15. The molecule has 10 rings (SSSR count). The van der Waals surface area contributed by atoms with Crippen molar-refractivity contribution in [3.63, 3.8) is 0 Å². The molecule has 10 unspecified atom stereocenters. The molecule has 420 valence electrons. The summed E-state index contributed by atoms with van der Waals surface area (Å²) >= 11 is 0. The van der Waals surface area contributed by atoms with Gasteiger partial charge >= 0.3 is 11.9 Å². The van der Waals surface area contributed by atoms with Crippen LogP contribution in [-0.2, 0) is 55.4 Å². The van der Waals surface area contributed by atoms with Crippen LogP contribution in [0, 0.1) is 18.3 Å². The standard InChI is InChI=1S/C60H83N5O12/c1-8-39(33-66)77-49(74-7)34-76-48(68)20-13-19-47(67)61-37(5)52(70)75-27-14-18-45-51(69)60(73)54-59(23-26-64-24-15-22-58(10-3,53(59)64)55(60)71)43-29-42(36(4)28-46(43)65(45)54)56(6)30-38-31-57(72,9-2)35-63(32-38)25-21-41-40-16-11-12-17-44(40)62-50(41)56/h11-12,15-17,22,28-29,37-39,45,49,53-55,62,66,71-73H,8-10,13-14,18-21,23-27,30-35H2,1-7H3,(H,61,67)/t37?,38?,39?,45?,49?,53?,54?,55-,56-,57?,58-,59?,60+/m1/s1. The summed E-state index contributed by atoms with van der Waals surface area (Å²) in [5, 5.41) is 51.6. The molecule has 4 fully saturated rings. The predicted octanol–water partition coefficient (Wildman–Crippen LogP) is 5.02. The lowest BCUT2D eigenvalue weighted by Gasteiger charge is -2.61. The summed E-state index contributed by atoms with van der Waals surface area (Å²) in [6.07, 6.45) is 7.02. The highest BCUT2D eigenvalue weighted by Crippen LogP contribution is 2.70. The normalized spacial score (nSPS) is 34.0. The van der Waals surface area contributed by atoms with E-state index < -0.39 is 87.7 Å². The first kappa shape index (κ1) is 55.6. The van der Waals surface area contributed by atoms with Gasteiger partial charge in [-0.15, -0.1) is 0 Å². The van der Waals surface area contributed by atoms with Gasteiger partial charge in [0.25, 0.3) is 0 Å². The van der Waals surface area contributed by atoms with Crippen LogP contribution in [0.2, 0.25) is 0 Å². The number of nitrogens with zero attached hydrogens (tertiary/aromatic N) is 3. The van der Waals surface area contributed by atoms with E-state index in [0.29, 0.717) is 38.8 Å². The minimum atomic E-state index is -2.10. The SMILES string of the molecule is CCC(CO)OC(COC(=O)CCCC(=O)NC(C)C(=O)OCCCC1C(=O)[C@]2(O)C3N1c1cc(C)c([C@@]4(C)CC5CN(CCc6c4[nH]c4ccccc64)CC(O)(CC)C5)cc1C31CCN3CC=C[C@](CC)(C31)[C@H]2O)OC. The van der Waals surface area contributed by atoms with E-state index in [1.165, 1.54) is 36.2 Å². The second kappa shape index (κ2) is 21.4. The average molecular weight is 1070 g/mol. The Balaban J connectivity index is 0.904. The predicted molar refractivity (Wildman–Crippen MR) is 289 cm³/mol. The quantitative estimate of drug-likeness (QED) is 0.0379. The number of rotatable bonds is 20. The van der Waals surface area contributed by atoms with Crippen LogP contribution in [0.3, 0.4) is 0 Å². The largest absolute Gasteiger partial charge is 0.464 e. The van der Waals surface area contributed by atoms with E-state index in [2.05, 4.69) is 101 Å². The molecule has 17 nitrogen and oxygen atoms in total. The molecular formula is C60H83N5O12. The number of amides is 1. The van der Waals surface area contributed by atoms with Gasteiger partial charge in [0.15, 0.2) is 17.7 Å². The number of para-hydroxylation sites is 1. The molecule has 0 radical (unpaired) electrons. The number of methoxy groups -OCH3 is 1. The average Bonchev–Trinajstić information content (AvgIpc) is 2.78. The number of H-pyrrole nitrogens is 1. The van der Waals surface area contributed by atoms with E-state index in [1.54, 1.807) is 0 Å². The van der Waals surface area contributed by atoms with Crippen LogP contribution in [0.4, 0.5) is 5.69 Å². The number of esters is 2. The second-order valence-electron chi connectivity index (χ2n) is 24.0. The van der Waals surface area contributed by atoms with Crippen molar-refractivity contribution in [2.45, 2.75) is 183 Å². The highest BCUT2D eigenvalue weighted by Gasteiger charge is 2.82. The smallest absolute Gasteiger partial charge is 0.328 e. The Morgan fingerprint density at radius 3 is 2.52 bits per heavy atom. The highest BCUT2D eigenvalue weighted by atomic mass is 16.7. The van der Waals surface area contributed by atoms with Crippen molar-refractivity contribution in [1.82, 2.24) is 20.1 Å². The number of anilines is 1. The second-order valence-corrected chi connectivity index (χ2v) is 24.0. The maximum Gasteiger partial charge on any atom is 0.328 e. The molecular weight excluding hydrogens is 983 g/mol. The molecule has 2 aromatic carbocycles. The summed E-state index contributed by atoms with van der Waals surface area (Å²) in [6, 6.07) is 10.6. The zero-order valence-corrected chi connectivity index (χ0v) is 46.3. The number of nitrogens with one attached hydrogen (secondary N) is 2. The number of Topliss-reactive ketones (excluding diaryl/α,β-unsaturated/α-hetero) is 1. The van der Waals surface area contributed by atoms with Gasteiger partial charge in [-0.25, -0.2) is 4.79 Å². The van der Waals surface area contributed by atoms with Crippen LogP contribution in [0.5, 0.6) is 0 Å². The summed E-state index contributed by atoms with van der Waals surface area (Å²) < 4.78 is 21.7. The third kappa shape index (κ3) is 9.16. The molecule has 7 heterocycles. The molecule has 1 aliphatic carbocycles. The lowest BCUT2D eigenvalue weighted by atomic mass is 9.47. The molecule has 6 aliphatic heterocycles. The molecule has 1 saturated carbocycles. The maximum atomic E-state index is 15.3. The first-order chi connectivity index (χ1) is 36.9. The number of aromatic nitrogens is 1. The number of carbonyl (C=O) groups is 4. The van der Waals surface area contributed by atoms with Gasteiger partial charge in [-0.2, -0.15) is 0 Å². The summed E-state index contributed by atoms with van der Waals surface area (Å²) in [5.41, 5.74) is 2.88.